The molecule has 3 heterocycles. The summed E-state index contributed by atoms with van der Waals surface area (Å²) in [5.74, 6) is 1.14. The molecule has 0 amide bonds. The predicted molar refractivity (Wildman–Crippen MR) is 122 cm³/mol. The Morgan fingerprint density at radius 1 is 1.09 bits per heavy atom. The van der Waals surface area contributed by atoms with Crippen molar-refractivity contribution in [2.45, 2.75) is 25.4 Å². The molecule has 1 saturated heterocycles. The molecule has 2 N–H and O–H groups in total. The van der Waals surface area contributed by atoms with Crippen molar-refractivity contribution in [3.8, 4) is 16.3 Å². The van der Waals surface area contributed by atoms with Gasteiger partial charge in [0.2, 0.25) is 5.95 Å². The van der Waals surface area contributed by atoms with Crippen molar-refractivity contribution in [1.29, 1.82) is 0 Å². The number of rotatable bonds is 6. The van der Waals surface area contributed by atoms with Gasteiger partial charge in [0, 0.05) is 40.5 Å². The smallest absolute Gasteiger partial charge is 0.263 e. The van der Waals surface area contributed by atoms with Gasteiger partial charge in [0.05, 0.1) is 11.1 Å². The highest BCUT2D eigenvalue weighted by Crippen LogP contribution is 2.36. The second kappa shape index (κ2) is 9.13. The molecule has 0 spiro atoms. The molecule has 2 aromatic carbocycles. The molecule has 6 nitrogen and oxygen atoms in total. The van der Waals surface area contributed by atoms with Crippen molar-refractivity contribution in [2.75, 3.05) is 18.4 Å². The summed E-state index contributed by atoms with van der Waals surface area (Å²) in [6.45, 7) is 1.87. The zero-order chi connectivity index (χ0) is 21.9. The zero-order valence-electron chi connectivity index (χ0n) is 17.1. The van der Waals surface area contributed by atoms with E-state index in [0.29, 0.717) is 11.6 Å². The minimum atomic E-state index is -2.49. The van der Waals surface area contributed by atoms with Crippen LogP contribution < -0.4 is 15.4 Å². The zero-order valence-corrected chi connectivity index (χ0v) is 17.9. The van der Waals surface area contributed by atoms with Gasteiger partial charge in [-0.15, -0.1) is 11.3 Å². The van der Waals surface area contributed by atoms with Gasteiger partial charge in [0.25, 0.3) is 6.43 Å². The number of hydrogen-bond donors (Lipinski definition) is 2. The van der Waals surface area contributed by atoms with E-state index in [-0.39, 0.29) is 11.7 Å². The van der Waals surface area contributed by atoms with Crippen molar-refractivity contribution in [1.82, 2.24) is 20.3 Å². The van der Waals surface area contributed by atoms with E-state index in [0.717, 1.165) is 53.2 Å². The number of halogens is 2. The molecular weight excluding hydrogens is 432 g/mol. The van der Waals surface area contributed by atoms with E-state index in [1.54, 1.807) is 35.9 Å². The van der Waals surface area contributed by atoms with E-state index in [1.165, 1.54) is 12.1 Å². The number of hydrogen-bond acceptors (Lipinski definition) is 7. The predicted octanol–water partition coefficient (Wildman–Crippen LogP) is 5.57. The Kier molecular flexibility index (Phi) is 5.91. The average molecular weight is 454 g/mol. The Morgan fingerprint density at radius 3 is 2.62 bits per heavy atom. The van der Waals surface area contributed by atoms with E-state index in [2.05, 4.69) is 25.6 Å². The molecule has 1 aliphatic heterocycles. The third-order valence-electron chi connectivity index (χ3n) is 5.34. The molecule has 0 radical (unpaired) electrons. The Hall–Kier alpha value is -3.17. The van der Waals surface area contributed by atoms with Crippen molar-refractivity contribution in [2.24, 2.45) is 0 Å². The molecule has 164 valence electrons. The number of nitrogens with zero attached hydrogens (tertiary/aromatic N) is 3. The summed E-state index contributed by atoms with van der Waals surface area (Å²) in [7, 11) is 0. The van der Waals surface area contributed by atoms with Gasteiger partial charge in [-0.25, -0.2) is 23.7 Å². The quantitative estimate of drug-likeness (QED) is 0.398. The lowest BCUT2D eigenvalue weighted by molar-refractivity contribution is 0.151. The highest BCUT2D eigenvalue weighted by atomic mass is 32.1. The second-order valence-electron chi connectivity index (χ2n) is 7.55. The number of alkyl halides is 2. The van der Waals surface area contributed by atoms with E-state index < -0.39 is 6.43 Å². The number of thiazole rings is 1. The Balaban J connectivity index is 1.47. The first kappa shape index (κ1) is 20.7. The van der Waals surface area contributed by atoms with Crippen LogP contribution in [0.25, 0.3) is 21.5 Å². The minimum Gasteiger partial charge on any atom is -0.490 e. The van der Waals surface area contributed by atoms with Crippen LogP contribution in [0, 0.1) is 0 Å². The van der Waals surface area contributed by atoms with Crippen LogP contribution >= 0.6 is 11.3 Å². The Bertz CT molecular complexity index is 1200. The lowest BCUT2D eigenvalue weighted by Crippen LogP contribution is -2.34. The van der Waals surface area contributed by atoms with E-state index >= 15 is 0 Å². The number of nitrogens with one attached hydrogen (secondary N) is 2. The fourth-order valence-corrected chi connectivity index (χ4v) is 4.33. The van der Waals surface area contributed by atoms with Crippen LogP contribution in [0.4, 0.5) is 20.4 Å². The van der Waals surface area contributed by atoms with Gasteiger partial charge in [0.15, 0.2) is 0 Å². The van der Waals surface area contributed by atoms with Crippen LogP contribution in [0.3, 0.4) is 0 Å². The van der Waals surface area contributed by atoms with Gasteiger partial charge < -0.3 is 15.4 Å². The maximum absolute atomic E-state index is 12.8. The largest absolute Gasteiger partial charge is 0.490 e. The van der Waals surface area contributed by atoms with Crippen LogP contribution in [-0.2, 0) is 0 Å². The molecule has 4 aromatic rings. The number of piperidine rings is 1. The lowest BCUT2D eigenvalue weighted by atomic mass is 10.1. The highest BCUT2D eigenvalue weighted by Gasteiger charge is 2.19. The fourth-order valence-electron chi connectivity index (χ4n) is 3.67. The highest BCUT2D eigenvalue weighted by molar-refractivity contribution is 7.13. The van der Waals surface area contributed by atoms with Crippen LogP contribution in [0.5, 0.6) is 5.75 Å². The maximum atomic E-state index is 12.8. The molecular formula is C23H21F2N5OS. The average Bonchev–Trinajstić information content (AvgIpc) is 3.34. The summed E-state index contributed by atoms with van der Waals surface area (Å²) in [4.78, 5) is 13.5. The first-order valence-corrected chi connectivity index (χ1v) is 11.3. The summed E-state index contributed by atoms with van der Waals surface area (Å²) in [5.41, 5.74) is 2.28. The maximum Gasteiger partial charge on any atom is 0.263 e. The van der Waals surface area contributed by atoms with Gasteiger partial charge in [-0.3, -0.25) is 0 Å². The first-order valence-electron chi connectivity index (χ1n) is 10.4. The third kappa shape index (κ3) is 4.53. The topological polar surface area (TPSA) is 72.0 Å². The number of fused-ring (bicyclic) bond motifs is 1. The summed E-state index contributed by atoms with van der Waals surface area (Å²) < 4.78 is 31.9. The van der Waals surface area contributed by atoms with E-state index in [9.17, 15) is 8.78 Å². The van der Waals surface area contributed by atoms with Crippen LogP contribution in [0.15, 0.2) is 54.2 Å². The molecule has 2 aromatic heterocycles. The minimum absolute atomic E-state index is 0.0237. The standard InChI is InChI=1S/C23H21F2N5OS/c24-21(25)14-1-3-16(4-2-14)29-23-28-13-15-11-18(22-27-9-10-32-22)20(12-19(15)30-23)31-17-5-7-26-8-6-17/h1-4,9-13,17,21,26H,5-8H2,(H,28,29,30). The summed E-state index contributed by atoms with van der Waals surface area (Å²) in [6.07, 6.45) is 3.05. The lowest BCUT2D eigenvalue weighted by Gasteiger charge is -2.25. The summed E-state index contributed by atoms with van der Waals surface area (Å²) >= 11 is 1.56. The molecule has 1 aliphatic rings. The molecule has 0 unspecified atom stereocenters. The van der Waals surface area contributed by atoms with E-state index in [4.69, 9.17) is 4.74 Å². The molecule has 9 heteroatoms. The molecule has 1 fully saturated rings. The van der Waals surface area contributed by atoms with Gasteiger partial charge in [-0.2, -0.15) is 0 Å². The molecule has 0 atom stereocenters. The van der Waals surface area contributed by atoms with Gasteiger partial charge in [-0.05, 0) is 44.1 Å². The van der Waals surface area contributed by atoms with Crippen LogP contribution in [0.1, 0.15) is 24.8 Å². The summed E-state index contributed by atoms with van der Waals surface area (Å²) in [6, 6.07) is 9.89. The number of anilines is 2. The van der Waals surface area contributed by atoms with Crippen molar-refractivity contribution in [3.05, 3.63) is 59.7 Å². The SMILES string of the molecule is FC(F)c1ccc(Nc2ncc3cc(-c4nccs4)c(OC4CCNCC4)cc3n2)cc1. The third-order valence-corrected chi connectivity index (χ3v) is 6.15. The van der Waals surface area contributed by atoms with Gasteiger partial charge in [-0.1, -0.05) is 12.1 Å². The van der Waals surface area contributed by atoms with Crippen LogP contribution in [-0.4, -0.2) is 34.1 Å². The first-order chi connectivity index (χ1) is 15.7. The normalized spacial score (nSPS) is 14.7. The van der Waals surface area contributed by atoms with Crippen molar-refractivity contribution in [3.63, 3.8) is 0 Å². The number of aromatic nitrogens is 3. The second-order valence-corrected chi connectivity index (χ2v) is 8.45. The molecule has 5 rings (SSSR count). The van der Waals surface area contributed by atoms with Crippen molar-refractivity contribution >= 4 is 33.9 Å². The monoisotopic (exact) mass is 453 g/mol. The van der Waals surface area contributed by atoms with Crippen molar-refractivity contribution < 1.29 is 13.5 Å². The molecule has 32 heavy (non-hydrogen) atoms. The van der Waals surface area contributed by atoms with Gasteiger partial charge >= 0.3 is 0 Å². The number of ether oxygens (including phenoxy) is 1. The van der Waals surface area contributed by atoms with E-state index in [1.807, 2.05) is 17.5 Å². The molecule has 0 bridgehead atoms. The number of benzene rings is 2. The Labute approximate surface area is 187 Å². The van der Waals surface area contributed by atoms with Crippen LogP contribution in [0.2, 0.25) is 0 Å². The molecule has 0 aliphatic carbocycles. The van der Waals surface area contributed by atoms with Gasteiger partial charge in [0.1, 0.15) is 16.9 Å². The Morgan fingerprint density at radius 2 is 1.91 bits per heavy atom. The fraction of sp³-hybridized carbons (Fsp3) is 0.261. The molecule has 0 saturated carbocycles. The summed E-state index contributed by atoms with van der Waals surface area (Å²) in [5, 5.41) is 10.1.